The normalized spacial score (nSPS) is 36.1. The van der Waals surface area contributed by atoms with Crippen molar-refractivity contribution < 1.29 is 4.79 Å². The van der Waals surface area contributed by atoms with Crippen molar-refractivity contribution in [2.45, 2.75) is 88.3 Å². The Balaban J connectivity index is 2.32. The second kappa shape index (κ2) is 5.33. The standard InChI is InChI=1S/C15H33NOSSi3/c1-19(2,3)15(14(17)18)9-8-13(12-15)16-20(4,5)10-11-21(16,6)7/h13H,8-12H2,1-7H3,(H,17,18). The summed E-state index contributed by atoms with van der Waals surface area (Å²) in [4.78, 5) is 12.4. The van der Waals surface area contributed by atoms with E-state index in [0.29, 0.717) is 6.04 Å². The highest BCUT2D eigenvalue weighted by Crippen LogP contribution is 2.57. The maximum Gasteiger partial charge on any atom is 0.189 e. The lowest BCUT2D eigenvalue weighted by atomic mass is 10.1. The van der Waals surface area contributed by atoms with Gasteiger partial charge in [-0.3, -0.25) is 4.79 Å². The maximum atomic E-state index is 12.4. The summed E-state index contributed by atoms with van der Waals surface area (Å²) in [5.74, 6) is 0. The molecule has 122 valence electrons. The fourth-order valence-electron chi connectivity index (χ4n) is 5.10. The van der Waals surface area contributed by atoms with Crippen molar-refractivity contribution in [2.75, 3.05) is 0 Å². The fourth-order valence-corrected chi connectivity index (χ4v) is 23.7. The van der Waals surface area contributed by atoms with Crippen LogP contribution in [0.5, 0.6) is 0 Å². The van der Waals surface area contributed by atoms with Gasteiger partial charge in [-0.15, -0.1) is 12.6 Å². The quantitative estimate of drug-likeness (QED) is 0.577. The number of hydrogen-bond acceptors (Lipinski definition) is 2. The molecule has 1 saturated heterocycles. The first-order valence-electron chi connectivity index (χ1n) is 8.36. The van der Waals surface area contributed by atoms with Gasteiger partial charge in [-0.2, -0.15) is 0 Å². The summed E-state index contributed by atoms with van der Waals surface area (Å²) in [7, 11) is -4.05. The van der Waals surface area contributed by atoms with Crippen molar-refractivity contribution in [1.29, 1.82) is 0 Å². The molecule has 0 aromatic heterocycles. The lowest BCUT2D eigenvalue weighted by molar-refractivity contribution is -0.113. The van der Waals surface area contributed by atoms with Crippen molar-refractivity contribution >= 4 is 42.3 Å². The van der Waals surface area contributed by atoms with E-state index in [9.17, 15) is 4.79 Å². The predicted octanol–water partition coefficient (Wildman–Crippen LogP) is 4.80. The molecule has 1 aliphatic heterocycles. The van der Waals surface area contributed by atoms with Crippen LogP contribution in [0.2, 0.25) is 63.0 Å². The van der Waals surface area contributed by atoms with Gasteiger partial charge in [0.2, 0.25) is 0 Å². The van der Waals surface area contributed by atoms with Crippen molar-refractivity contribution in [2.24, 2.45) is 0 Å². The number of rotatable bonds is 3. The number of hydrogen-bond donors (Lipinski definition) is 1. The monoisotopic (exact) mass is 359 g/mol. The molecule has 0 aromatic rings. The minimum atomic E-state index is -1.54. The Morgan fingerprint density at radius 1 is 1.14 bits per heavy atom. The number of thiol groups is 1. The molecule has 1 saturated carbocycles. The van der Waals surface area contributed by atoms with E-state index in [1.807, 2.05) is 0 Å². The maximum absolute atomic E-state index is 12.4. The third kappa shape index (κ3) is 2.91. The van der Waals surface area contributed by atoms with Crippen molar-refractivity contribution in [3.63, 3.8) is 0 Å². The van der Waals surface area contributed by atoms with Gasteiger partial charge in [-0.05, 0) is 37.4 Å². The number of nitrogens with zero attached hydrogens (tertiary/aromatic N) is 1. The Bertz CT molecular complexity index is 431. The zero-order valence-electron chi connectivity index (χ0n) is 14.9. The van der Waals surface area contributed by atoms with E-state index < -0.39 is 24.5 Å². The molecule has 0 aromatic carbocycles. The molecule has 0 N–H and O–H groups in total. The van der Waals surface area contributed by atoms with E-state index in [1.165, 1.54) is 18.5 Å². The van der Waals surface area contributed by atoms with Crippen LogP contribution in [0, 0.1) is 0 Å². The third-order valence-corrected chi connectivity index (χ3v) is 21.0. The zero-order valence-corrected chi connectivity index (χ0v) is 18.8. The third-order valence-electron chi connectivity index (χ3n) is 6.35. The second-order valence-electron chi connectivity index (χ2n) is 9.53. The van der Waals surface area contributed by atoms with Crippen molar-refractivity contribution in [3.8, 4) is 0 Å². The fraction of sp³-hybridized carbons (Fsp3) is 0.933. The Kier molecular flexibility index (Phi) is 4.56. The van der Waals surface area contributed by atoms with Gasteiger partial charge >= 0.3 is 0 Å². The molecular weight excluding hydrogens is 326 g/mol. The molecule has 1 heterocycles. The summed E-state index contributed by atoms with van der Waals surface area (Å²) in [6.45, 7) is 17.3. The van der Waals surface area contributed by atoms with Gasteiger partial charge in [-0.25, -0.2) is 0 Å². The first-order valence-corrected chi connectivity index (χ1v) is 18.6. The van der Waals surface area contributed by atoms with Crippen LogP contribution in [0.1, 0.15) is 19.3 Å². The lowest BCUT2D eigenvalue weighted by Crippen LogP contribution is -2.59. The molecule has 0 bridgehead atoms. The molecule has 0 spiro atoms. The molecule has 2 unspecified atom stereocenters. The molecule has 2 nitrogen and oxygen atoms in total. The summed E-state index contributed by atoms with van der Waals surface area (Å²) in [5.41, 5.74) is 0. The molecule has 2 fully saturated rings. The minimum absolute atomic E-state index is 0.0850. The molecule has 0 radical (unpaired) electrons. The van der Waals surface area contributed by atoms with Crippen molar-refractivity contribution in [1.82, 2.24) is 4.23 Å². The first kappa shape index (κ1) is 18.0. The summed E-state index contributed by atoms with van der Waals surface area (Å²) in [6.07, 6.45) is 3.41. The molecule has 21 heavy (non-hydrogen) atoms. The van der Waals surface area contributed by atoms with Crippen LogP contribution in [0.3, 0.4) is 0 Å². The predicted molar refractivity (Wildman–Crippen MR) is 104 cm³/mol. The van der Waals surface area contributed by atoms with Gasteiger partial charge < -0.3 is 4.23 Å². The van der Waals surface area contributed by atoms with Gasteiger partial charge in [0.1, 0.15) is 16.5 Å². The Morgan fingerprint density at radius 3 is 1.95 bits per heavy atom. The van der Waals surface area contributed by atoms with Crippen LogP contribution in [0.25, 0.3) is 0 Å². The number of carbonyl (C=O) groups excluding carboxylic acids is 1. The highest BCUT2D eigenvalue weighted by Gasteiger charge is 2.58. The summed E-state index contributed by atoms with van der Waals surface area (Å²) in [6, 6.07) is 3.58. The minimum Gasteiger partial charge on any atom is -0.343 e. The Morgan fingerprint density at radius 2 is 1.62 bits per heavy atom. The number of carbonyl (C=O) groups is 1. The van der Waals surface area contributed by atoms with Gasteiger partial charge in [0, 0.05) is 5.04 Å². The molecule has 0 amide bonds. The van der Waals surface area contributed by atoms with Crippen LogP contribution < -0.4 is 0 Å². The van der Waals surface area contributed by atoms with Crippen molar-refractivity contribution in [3.05, 3.63) is 0 Å². The van der Waals surface area contributed by atoms with Crippen LogP contribution in [-0.4, -0.2) is 39.9 Å². The van der Waals surface area contributed by atoms with Gasteiger partial charge in [0.05, 0.1) is 8.07 Å². The van der Waals surface area contributed by atoms with E-state index >= 15 is 0 Å². The van der Waals surface area contributed by atoms with Gasteiger partial charge in [0.25, 0.3) is 0 Å². The lowest BCUT2D eigenvalue weighted by Gasteiger charge is -2.45. The highest BCUT2D eigenvalue weighted by atomic mass is 32.1. The molecule has 1 aliphatic carbocycles. The zero-order chi connectivity index (χ0) is 16.3. The van der Waals surface area contributed by atoms with E-state index in [-0.39, 0.29) is 10.2 Å². The Labute approximate surface area is 139 Å². The smallest absolute Gasteiger partial charge is 0.189 e. The average molecular weight is 360 g/mol. The van der Waals surface area contributed by atoms with E-state index in [4.69, 9.17) is 0 Å². The first-order chi connectivity index (χ1) is 9.33. The van der Waals surface area contributed by atoms with E-state index in [1.54, 1.807) is 0 Å². The van der Waals surface area contributed by atoms with Gasteiger partial charge in [-0.1, -0.05) is 45.8 Å². The highest BCUT2D eigenvalue weighted by molar-refractivity contribution is 7.97. The summed E-state index contributed by atoms with van der Waals surface area (Å²) >= 11 is 4.34. The average Bonchev–Trinajstić information content (AvgIpc) is 2.78. The van der Waals surface area contributed by atoms with Crippen LogP contribution >= 0.6 is 12.6 Å². The molecule has 2 atom stereocenters. The molecule has 2 rings (SSSR count). The molecular formula is C15H33NOSSi3. The topological polar surface area (TPSA) is 20.3 Å². The Hall–Kier alpha value is 0.631. The SMILES string of the molecule is C[Si]1(C)CC[Si](C)(C)N1C1CCC(C(=O)S)([Si](C)(C)C)C1. The second-order valence-corrected chi connectivity index (χ2v) is 25.1. The van der Waals surface area contributed by atoms with Crippen LogP contribution in [0.4, 0.5) is 0 Å². The largest absolute Gasteiger partial charge is 0.343 e. The van der Waals surface area contributed by atoms with Crippen LogP contribution in [-0.2, 0) is 4.79 Å². The molecule has 6 heteroatoms. The van der Waals surface area contributed by atoms with E-state index in [0.717, 1.165) is 12.8 Å². The summed E-state index contributed by atoms with van der Waals surface area (Å²) in [5, 5.41) is 0.0977. The summed E-state index contributed by atoms with van der Waals surface area (Å²) < 4.78 is 3.01. The van der Waals surface area contributed by atoms with E-state index in [2.05, 4.69) is 62.7 Å². The van der Waals surface area contributed by atoms with Crippen LogP contribution in [0.15, 0.2) is 0 Å². The molecule has 2 aliphatic rings. The van der Waals surface area contributed by atoms with Gasteiger partial charge in [0.15, 0.2) is 5.12 Å².